The Morgan fingerprint density at radius 2 is 1.80 bits per heavy atom. The molecule has 0 spiro atoms. The molecule has 0 N–H and O–H groups in total. The monoisotopic (exact) mass is 376 g/mol. The number of fused-ring (bicyclic) bond motifs is 1. The van der Waals surface area contributed by atoms with E-state index in [4.69, 9.17) is 18.4 Å². The second-order valence-electron chi connectivity index (χ2n) is 7.64. The van der Waals surface area contributed by atoms with Crippen LogP contribution in [0.5, 0.6) is 0 Å². The first kappa shape index (κ1) is 18.6. The number of esters is 2. The van der Waals surface area contributed by atoms with E-state index < -0.39 is 57.0 Å². The van der Waals surface area contributed by atoms with E-state index in [0.717, 1.165) is 7.11 Å². The predicted molar refractivity (Wildman–Crippen MR) is 84.8 cm³/mol. The number of carbonyl (C=O) groups excluding carboxylic acids is 2. The van der Waals surface area contributed by atoms with E-state index in [-0.39, 0.29) is 18.4 Å². The molecule has 25 heavy (non-hydrogen) atoms. The van der Waals surface area contributed by atoms with Gasteiger partial charge in [-0.25, -0.2) is 0 Å². The molecule has 8 nitrogen and oxygen atoms in total. The van der Waals surface area contributed by atoms with Crippen molar-refractivity contribution in [1.29, 1.82) is 0 Å². The van der Waals surface area contributed by atoms with Crippen molar-refractivity contribution in [1.82, 2.24) is 0 Å². The van der Waals surface area contributed by atoms with Gasteiger partial charge >= 0.3 is 11.9 Å². The van der Waals surface area contributed by atoms with Crippen LogP contribution in [0, 0.1) is 23.7 Å². The fraction of sp³-hybridized carbons (Fsp3) is 0.875. The van der Waals surface area contributed by atoms with Gasteiger partial charge in [0.05, 0.1) is 19.8 Å². The molecule has 9 heteroatoms. The Balaban J connectivity index is 2.03. The van der Waals surface area contributed by atoms with Crippen LogP contribution in [0.3, 0.4) is 0 Å². The highest BCUT2D eigenvalue weighted by molar-refractivity contribution is 7.89. The molecule has 2 bridgehead atoms. The molecule has 3 rings (SSSR count). The molecule has 142 valence electrons. The normalized spacial score (nSPS) is 40.7. The van der Waals surface area contributed by atoms with Gasteiger partial charge in [-0.05, 0) is 11.8 Å². The van der Waals surface area contributed by atoms with Gasteiger partial charge in [-0.2, -0.15) is 8.42 Å². The third kappa shape index (κ3) is 2.28. The summed E-state index contributed by atoms with van der Waals surface area (Å²) in [5, 5.41) is 0. The first-order valence-electron chi connectivity index (χ1n) is 8.42. The van der Waals surface area contributed by atoms with Crippen molar-refractivity contribution in [3.8, 4) is 0 Å². The lowest BCUT2D eigenvalue weighted by Gasteiger charge is -2.36. The van der Waals surface area contributed by atoms with Crippen LogP contribution in [0.2, 0.25) is 0 Å². The smallest absolute Gasteiger partial charge is 0.333 e. The Bertz CT molecular complexity index is 684. The lowest BCUT2D eigenvalue weighted by atomic mass is 9.67. The van der Waals surface area contributed by atoms with E-state index >= 15 is 0 Å². The molecule has 3 saturated heterocycles. The average Bonchev–Trinajstić information content (AvgIpc) is 3.09. The van der Waals surface area contributed by atoms with E-state index in [1.165, 1.54) is 0 Å². The summed E-state index contributed by atoms with van der Waals surface area (Å²) in [6.07, 6.45) is -2.87. The maximum atomic E-state index is 12.8. The lowest BCUT2D eigenvalue weighted by Crippen LogP contribution is -2.61. The summed E-state index contributed by atoms with van der Waals surface area (Å²) in [6, 6.07) is 0. The molecule has 0 amide bonds. The van der Waals surface area contributed by atoms with Crippen LogP contribution < -0.4 is 0 Å². The van der Waals surface area contributed by atoms with Crippen LogP contribution in [0.1, 0.15) is 27.7 Å². The lowest BCUT2D eigenvalue weighted by molar-refractivity contribution is -0.156. The standard InChI is InChI=1S/C16H24O8S/c1-7(2)6-22-14(17)9-11-10(8(3)4)16(15(18)21-5)13(23-11)12(9)24-25(16,19)20/h7-13H,6H2,1-5H3. The van der Waals surface area contributed by atoms with E-state index in [0.29, 0.717) is 0 Å². The first-order valence-corrected chi connectivity index (χ1v) is 9.83. The number of carbonyl (C=O) groups is 2. The van der Waals surface area contributed by atoms with Crippen molar-refractivity contribution in [2.45, 2.75) is 50.8 Å². The minimum Gasteiger partial charge on any atom is -0.468 e. The van der Waals surface area contributed by atoms with Gasteiger partial charge in [-0.15, -0.1) is 0 Å². The van der Waals surface area contributed by atoms with Crippen molar-refractivity contribution in [2.75, 3.05) is 13.7 Å². The van der Waals surface area contributed by atoms with Gasteiger partial charge in [0.2, 0.25) is 4.75 Å². The molecule has 6 unspecified atom stereocenters. The summed E-state index contributed by atoms with van der Waals surface area (Å²) < 4.78 is 44.8. The van der Waals surface area contributed by atoms with E-state index in [1.54, 1.807) is 13.8 Å². The molecule has 3 fully saturated rings. The summed E-state index contributed by atoms with van der Waals surface area (Å²) in [5.41, 5.74) is 0. The fourth-order valence-corrected chi connectivity index (χ4v) is 6.61. The summed E-state index contributed by atoms with van der Waals surface area (Å²) in [6.45, 7) is 7.61. The fourth-order valence-electron chi connectivity index (χ4n) is 4.44. The molecular formula is C16H24O8S. The third-order valence-electron chi connectivity index (χ3n) is 5.29. The Kier molecular flexibility index (Phi) is 4.40. The van der Waals surface area contributed by atoms with Crippen LogP contribution in [0.4, 0.5) is 0 Å². The Labute approximate surface area is 147 Å². The van der Waals surface area contributed by atoms with Crippen molar-refractivity contribution < 1.29 is 36.4 Å². The second-order valence-corrected chi connectivity index (χ2v) is 9.42. The molecule has 0 aromatic carbocycles. The summed E-state index contributed by atoms with van der Waals surface area (Å²) in [5.74, 6) is -3.15. The molecule has 3 heterocycles. The van der Waals surface area contributed by atoms with Crippen molar-refractivity contribution in [2.24, 2.45) is 23.7 Å². The van der Waals surface area contributed by atoms with Gasteiger partial charge in [0.1, 0.15) is 18.1 Å². The second kappa shape index (κ2) is 5.92. The van der Waals surface area contributed by atoms with Crippen LogP contribution in [0.15, 0.2) is 0 Å². The molecule has 6 atom stereocenters. The molecule has 3 aliphatic rings. The van der Waals surface area contributed by atoms with Gasteiger partial charge in [0, 0.05) is 5.92 Å². The number of hydrogen-bond donors (Lipinski definition) is 0. The SMILES string of the molecule is COC(=O)C12C3OC(C(C(=O)OCC(C)C)C3OS1(=O)=O)C2C(C)C. The molecular weight excluding hydrogens is 352 g/mol. The largest absolute Gasteiger partial charge is 0.468 e. The predicted octanol–water partition coefficient (Wildman–Crippen LogP) is 0.495. The number of methoxy groups -OCH3 is 1. The van der Waals surface area contributed by atoms with Gasteiger partial charge in [-0.3, -0.25) is 13.8 Å². The van der Waals surface area contributed by atoms with Gasteiger partial charge in [0.15, 0.2) is 0 Å². The summed E-state index contributed by atoms with van der Waals surface area (Å²) in [7, 11) is -3.17. The maximum absolute atomic E-state index is 12.8. The Morgan fingerprint density at radius 3 is 2.32 bits per heavy atom. The van der Waals surface area contributed by atoms with Crippen LogP contribution in [-0.2, 0) is 38.1 Å². The summed E-state index contributed by atoms with van der Waals surface area (Å²) in [4.78, 5) is 25.1. The van der Waals surface area contributed by atoms with Crippen molar-refractivity contribution in [3.63, 3.8) is 0 Å². The zero-order chi connectivity index (χ0) is 18.7. The zero-order valence-corrected chi connectivity index (χ0v) is 15.7. The highest BCUT2D eigenvalue weighted by Gasteiger charge is 2.84. The molecule has 0 saturated carbocycles. The maximum Gasteiger partial charge on any atom is 0.333 e. The molecule has 0 aromatic rings. The minimum absolute atomic E-state index is 0.145. The summed E-state index contributed by atoms with van der Waals surface area (Å²) >= 11 is 0. The first-order chi connectivity index (χ1) is 11.6. The van der Waals surface area contributed by atoms with Gasteiger partial charge < -0.3 is 14.2 Å². The topological polar surface area (TPSA) is 105 Å². The highest BCUT2D eigenvalue weighted by Crippen LogP contribution is 2.61. The molecule has 0 aromatic heterocycles. The van der Waals surface area contributed by atoms with E-state index in [2.05, 4.69) is 0 Å². The van der Waals surface area contributed by atoms with E-state index in [1.807, 2.05) is 13.8 Å². The molecule has 0 radical (unpaired) electrons. The van der Waals surface area contributed by atoms with Crippen LogP contribution >= 0.6 is 0 Å². The van der Waals surface area contributed by atoms with Crippen LogP contribution in [0.25, 0.3) is 0 Å². The number of rotatable bonds is 5. The highest BCUT2D eigenvalue weighted by atomic mass is 32.2. The Morgan fingerprint density at radius 1 is 1.16 bits per heavy atom. The molecule has 3 aliphatic heterocycles. The van der Waals surface area contributed by atoms with Crippen LogP contribution in [-0.4, -0.2) is 57.1 Å². The van der Waals surface area contributed by atoms with Gasteiger partial charge in [0.25, 0.3) is 10.1 Å². The average molecular weight is 376 g/mol. The van der Waals surface area contributed by atoms with Gasteiger partial charge in [-0.1, -0.05) is 27.7 Å². The van der Waals surface area contributed by atoms with Crippen molar-refractivity contribution >= 4 is 22.1 Å². The van der Waals surface area contributed by atoms with Crippen molar-refractivity contribution in [3.05, 3.63) is 0 Å². The number of ether oxygens (including phenoxy) is 3. The quantitative estimate of drug-likeness (QED) is 0.504. The zero-order valence-electron chi connectivity index (χ0n) is 14.9. The number of hydrogen-bond acceptors (Lipinski definition) is 8. The minimum atomic E-state index is -4.30. The third-order valence-corrected chi connectivity index (χ3v) is 7.26. The Hall–Kier alpha value is -1.19. The van der Waals surface area contributed by atoms with E-state index in [9.17, 15) is 18.0 Å². The molecule has 0 aliphatic carbocycles.